The third-order valence-corrected chi connectivity index (χ3v) is 7.19. The molecule has 138 valence electrons. The van der Waals surface area contributed by atoms with Crippen LogP contribution in [0.5, 0.6) is 0 Å². The van der Waals surface area contributed by atoms with Crippen LogP contribution in [0, 0.1) is 9.49 Å². The molecule has 0 atom stereocenters. The smallest absolute Gasteiger partial charge is 0.241 e. The van der Waals surface area contributed by atoms with Crippen molar-refractivity contribution < 1.29 is 13.2 Å². The Morgan fingerprint density at radius 1 is 1.32 bits per heavy atom. The van der Waals surface area contributed by atoms with Crippen LogP contribution in [0.4, 0.5) is 5.69 Å². The highest BCUT2D eigenvalue weighted by Crippen LogP contribution is 2.30. The van der Waals surface area contributed by atoms with Crippen molar-refractivity contribution in [2.45, 2.75) is 12.8 Å². The molecule has 0 aliphatic carbocycles. The van der Waals surface area contributed by atoms with Crippen molar-refractivity contribution in [3.8, 4) is 0 Å². The molecule has 1 amide bonds. The second-order valence-corrected chi connectivity index (χ2v) is 9.89. The van der Waals surface area contributed by atoms with Crippen molar-refractivity contribution in [2.24, 2.45) is 5.92 Å². The summed E-state index contributed by atoms with van der Waals surface area (Å²) in [6.07, 6.45) is 1.37. The summed E-state index contributed by atoms with van der Waals surface area (Å²) in [5.41, 5.74) is 0.760. The first kappa shape index (κ1) is 20.8. The van der Waals surface area contributed by atoms with Gasteiger partial charge in [0.1, 0.15) is 0 Å². The molecule has 5 nitrogen and oxygen atoms in total. The highest BCUT2D eigenvalue weighted by atomic mass is 127. The van der Waals surface area contributed by atoms with Crippen molar-refractivity contribution in [1.82, 2.24) is 4.90 Å². The molecule has 0 aromatic heterocycles. The average Bonchev–Trinajstić information content (AvgIpc) is 2.57. The van der Waals surface area contributed by atoms with Gasteiger partial charge in [-0.3, -0.25) is 4.79 Å². The van der Waals surface area contributed by atoms with Gasteiger partial charge >= 0.3 is 0 Å². The summed E-state index contributed by atoms with van der Waals surface area (Å²) in [5, 5.41) is 5.00. The molecule has 25 heavy (non-hydrogen) atoms. The molecule has 1 fully saturated rings. The van der Waals surface area contributed by atoms with Crippen LogP contribution in [-0.4, -0.2) is 44.6 Å². The number of amides is 1. The SMILES string of the molecule is C=CS(=O)(=O)CC1CCN(C(=O)CNc2cc(Cl)c(Cl)cc2I)CC1. The molecule has 1 N–H and O–H groups in total. The zero-order valence-corrected chi connectivity index (χ0v) is 18.0. The molecule has 1 aliphatic heterocycles. The molecule has 9 heteroatoms. The van der Waals surface area contributed by atoms with Crippen LogP contribution in [0.15, 0.2) is 24.1 Å². The van der Waals surface area contributed by atoms with Gasteiger partial charge in [-0.25, -0.2) is 8.42 Å². The van der Waals surface area contributed by atoms with Gasteiger partial charge in [-0.2, -0.15) is 0 Å². The number of sulfone groups is 1. The summed E-state index contributed by atoms with van der Waals surface area (Å²) in [6.45, 7) is 4.62. The highest BCUT2D eigenvalue weighted by molar-refractivity contribution is 14.1. The van der Waals surface area contributed by atoms with E-state index in [4.69, 9.17) is 23.2 Å². The number of rotatable bonds is 6. The van der Waals surface area contributed by atoms with Crippen LogP contribution < -0.4 is 5.32 Å². The summed E-state index contributed by atoms with van der Waals surface area (Å²) >= 11 is 14.1. The van der Waals surface area contributed by atoms with E-state index < -0.39 is 9.84 Å². The maximum Gasteiger partial charge on any atom is 0.241 e. The van der Waals surface area contributed by atoms with E-state index in [2.05, 4.69) is 34.5 Å². The number of likely N-dealkylation sites (tertiary alicyclic amines) is 1. The topological polar surface area (TPSA) is 66.5 Å². The molecule has 0 saturated carbocycles. The number of nitrogens with zero attached hydrogens (tertiary/aromatic N) is 1. The summed E-state index contributed by atoms with van der Waals surface area (Å²) in [7, 11) is -3.19. The zero-order chi connectivity index (χ0) is 18.6. The van der Waals surface area contributed by atoms with Gasteiger partial charge in [0.25, 0.3) is 0 Å². The van der Waals surface area contributed by atoms with Crippen LogP contribution in [0.1, 0.15) is 12.8 Å². The minimum absolute atomic E-state index is 0.0214. The van der Waals surface area contributed by atoms with Gasteiger partial charge in [0.15, 0.2) is 9.84 Å². The molecule has 0 radical (unpaired) electrons. The van der Waals surface area contributed by atoms with Crippen molar-refractivity contribution in [3.05, 3.63) is 37.7 Å². The van der Waals surface area contributed by atoms with E-state index in [9.17, 15) is 13.2 Å². The van der Waals surface area contributed by atoms with Gasteiger partial charge in [-0.05, 0) is 53.5 Å². The van der Waals surface area contributed by atoms with Crippen molar-refractivity contribution in [3.63, 3.8) is 0 Å². The predicted molar refractivity (Wildman–Crippen MR) is 111 cm³/mol. The first-order valence-electron chi connectivity index (χ1n) is 7.73. The number of anilines is 1. The second kappa shape index (κ2) is 8.92. The van der Waals surface area contributed by atoms with E-state index in [0.29, 0.717) is 36.0 Å². The van der Waals surface area contributed by atoms with Gasteiger partial charge in [0, 0.05) is 27.8 Å². The van der Waals surface area contributed by atoms with Gasteiger partial charge in [-0.1, -0.05) is 29.8 Å². The predicted octanol–water partition coefficient (Wildman–Crippen LogP) is 3.81. The van der Waals surface area contributed by atoms with E-state index >= 15 is 0 Å². The molecular formula is C16H19Cl2IN2O3S. The Hall–Kier alpha value is -0.510. The van der Waals surface area contributed by atoms with Gasteiger partial charge in [0.05, 0.1) is 22.3 Å². The number of nitrogens with one attached hydrogen (secondary N) is 1. The number of piperidine rings is 1. The van der Waals surface area contributed by atoms with Crippen LogP contribution >= 0.6 is 45.8 Å². The average molecular weight is 517 g/mol. The fraction of sp³-hybridized carbons (Fsp3) is 0.438. The summed E-state index contributed by atoms with van der Waals surface area (Å²) in [6, 6.07) is 3.44. The largest absolute Gasteiger partial charge is 0.375 e. The highest BCUT2D eigenvalue weighted by Gasteiger charge is 2.25. The van der Waals surface area contributed by atoms with E-state index in [0.717, 1.165) is 14.7 Å². The quantitative estimate of drug-likeness (QED) is 0.461. The monoisotopic (exact) mass is 516 g/mol. The molecule has 0 spiro atoms. The summed E-state index contributed by atoms with van der Waals surface area (Å²) in [4.78, 5) is 14.1. The Bertz CT molecular complexity index is 763. The minimum Gasteiger partial charge on any atom is -0.375 e. The second-order valence-electron chi connectivity index (χ2n) is 5.92. The third-order valence-electron chi connectivity index (χ3n) is 4.13. The fourth-order valence-corrected chi connectivity index (χ4v) is 4.98. The van der Waals surface area contributed by atoms with E-state index in [-0.39, 0.29) is 24.1 Å². The van der Waals surface area contributed by atoms with E-state index in [1.54, 1.807) is 17.0 Å². The van der Waals surface area contributed by atoms with Gasteiger partial charge in [0.2, 0.25) is 5.91 Å². The maximum atomic E-state index is 12.4. The zero-order valence-electron chi connectivity index (χ0n) is 13.5. The summed E-state index contributed by atoms with van der Waals surface area (Å²) in [5.74, 6) is 0.168. The Labute approximate surface area is 171 Å². The van der Waals surface area contributed by atoms with Gasteiger partial charge < -0.3 is 10.2 Å². The molecule has 2 rings (SSSR count). The molecule has 1 heterocycles. The lowest BCUT2D eigenvalue weighted by atomic mass is 9.99. The van der Waals surface area contributed by atoms with Gasteiger partial charge in [-0.15, -0.1) is 0 Å². The number of carbonyl (C=O) groups is 1. The lowest BCUT2D eigenvalue weighted by Crippen LogP contribution is -2.42. The molecular weight excluding hydrogens is 498 g/mol. The maximum absolute atomic E-state index is 12.4. The lowest BCUT2D eigenvalue weighted by molar-refractivity contribution is -0.130. The van der Waals surface area contributed by atoms with E-state index in [1.165, 1.54) is 0 Å². The molecule has 1 aromatic carbocycles. The number of carbonyl (C=O) groups excluding carboxylic acids is 1. The van der Waals surface area contributed by atoms with Crippen LogP contribution in [-0.2, 0) is 14.6 Å². The summed E-state index contributed by atoms with van der Waals surface area (Å²) < 4.78 is 24.1. The molecule has 1 aliphatic rings. The molecule has 1 aromatic rings. The lowest BCUT2D eigenvalue weighted by Gasteiger charge is -2.31. The van der Waals surface area contributed by atoms with Crippen LogP contribution in [0.25, 0.3) is 0 Å². The Morgan fingerprint density at radius 2 is 1.92 bits per heavy atom. The minimum atomic E-state index is -3.19. The first-order valence-corrected chi connectivity index (χ1v) is 11.3. The van der Waals surface area contributed by atoms with E-state index in [1.807, 2.05) is 0 Å². The Kier molecular flexibility index (Phi) is 7.42. The molecule has 0 unspecified atom stereocenters. The Balaban J connectivity index is 1.85. The number of benzene rings is 1. The van der Waals surface area contributed by atoms with Crippen molar-refractivity contribution in [2.75, 3.05) is 30.7 Å². The number of hydrogen-bond acceptors (Lipinski definition) is 4. The standard InChI is InChI=1S/C16H19Cl2IN2O3S/c1-2-25(23,24)10-11-3-5-21(6-4-11)16(22)9-20-15-8-13(18)12(17)7-14(15)19/h2,7-8,11,20H,1,3-6,9-10H2. The van der Waals surface area contributed by atoms with Crippen LogP contribution in [0.3, 0.4) is 0 Å². The fourth-order valence-electron chi connectivity index (χ4n) is 2.69. The van der Waals surface area contributed by atoms with Crippen molar-refractivity contribution in [1.29, 1.82) is 0 Å². The van der Waals surface area contributed by atoms with Crippen LogP contribution in [0.2, 0.25) is 10.0 Å². The number of halogens is 3. The normalized spacial score (nSPS) is 15.9. The molecule has 1 saturated heterocycles. The van der Waals surface area contributed by atoms with Crippen molar-refractivity contribution >= 4 is 67.2 Å². The number of hydrogen-bond donors (Lipinski definition) is 1. The first-order chi connectivity index (χ1) is 11.7. The third kappa shape index (κ3) is 6.01. The Morgan fingerprint density at radius 3 is 2.52 bits per heavy atom. The molecule has 0 bridgehead atoms.